The van der Waals surface area contributed by atoms with Crippen LogP contribution in [-0.2, 0) is 4.74 Å². The van der Waals surface area contributed by atoms with Crippen molar-refractivity contribution in [1.29, 1.82) is 0 Å². The number of benzene rings is 1. The number of nitrogen functional groups attached to an aromatic ring is 1. The highest BCUT2D eigenvalue weighted by atomic mass is 32.2. The maximum absolute atomic E-state index is 11.8. The molecule has 0 amide bonds. The summed E-state index contributed by atoms with van der Waals surface area (Å²) in [4.78, 5) is 11.8. The molecule has 0 spiro atoms. The van der Waals surface area contributed by atoms with Crippen molar-refractivity contribution >= 4 is 23.4 Å². The Morgan fingerprint density at radius 2 is 2.18 bits per heavy atom. The summed E-state index contributed by atoms with van der Waals surface area (Å²) in [7, 11) is 0. The molecule has 0 aromatic heterocycles. The summed E-state index contributed by atoms with van der Waals surface area (Å²) in [5, 5.41) is 0.558. The molecule has 0 atom stereocenters. The Labute approximate surface area is 107 Å². The van der Waals surface area contributed by atoms with Crippen LogP contribution in [0, 0.1) is 6.92 Å². The molecule has 4 heteroatoms. The minimum atomic E-state index is -0.292. The summed E-state index contributed by atoms with van der Waals surface area (Å²) < 4.78 is 5.20. The van der Waals surface area contributed by atoms with Gasteiger partial charge in [-0.3, -0.25) is 0 Å². The van der Waals surface area contributed by atoms with Crippen molar-refractivity contribution in [1.82, 2.24) is 0 Å². The van der Waals surface area contributed by atoms with Crippen LogP contribution in [-0.4, -0.2) is 23.6 Å². The fraction of sp³-hybridized carbons (Fsp3) is 0.462. The Bertz CT molecular complexity index is 391. The van der Waals surface area contributed by atoms with Gasteiger partial charge in [0.2, 0.25) is 0 Å². The number of ether oxygens (including phenoxy) is 1. The van der Waals surface area contributed by atoms with Crippen molar-refractivity contribution in [2.75, 3.05) is 18.1 Å². The Balaban J connectivity index is 2.49. The molecule has 0 aliphatic heterocycles. The van der Waals surface area contributed by atoms with Gasteiger partial charge in [0.25, 0.3) is 0 Å². The molecule has 0 unspecified atom stereocenters. The third kappa shape index (κ3) is 4.69. The quantitative estimate of drug-likeness (QED) is 0.498. The highest BCUT2D eigenvalue weighted by Crippen LogP contribution is 2.14. The lowest BCUT2D eigenvalue weighted by Crippen LogP contribution is -2.10. The van der Waals surface area contributed by atoms with E-state index in [1.54, 1.807) is 23.9 Å². The number of carbonyl (C=O) groups is 1. The summed E-state index contributed by atoms with van der Waals surface area (Å²) >= 11 is 1.77. The van der Waals surface area contributed by atoms with Gasteiger partial charge in [-0.2, -0.15) is 11.8 Å². The smallest absolute Gasteiger partial charge is 0.338 e. The number of hydrogen-bond donors (Lipinski definition) is 1. The monoisotopic (exact) mass is 253 g/mol. The number of aryl methyl sites for hydroxylation is 1. The molecule has 0 aliphatic carbocycles. The number of rotatable bonds is 5. The van der Waals surface area contributed by atoms with Crippen LogP contribution in [0.3, 0.4) is 0 Å². The highest BCUT2D eigenvalue weighted by Gasteiger charge is 2.10. The SMILES string of the molecule is Cc1ccc(N)cc1C(=O)OCCSC(C)C. The van der Waals surface area contributed by atoms with Crippen LogP contribution in [0.5, 0.6) is 0 Å². The summed E-state index contributed by atoms with van der Waals surface area (Å²) in [6, 6.07) is 5.27. The van der Waals surface area contributed by atoms with Gasteiger partial charge in [0, 0.05) is 11.4 Å². The van der Waals surface area contributed by atoms with Crippen molar-refractivity contribution in [3.05, 3.63) is 29.3 Å². The molecule has 0 radical (unpaired) electrons. The molecule has 0 saturated heterocycles. The Kier molecular flexibility index (Phi) is 5.35. The van der Waals surface area contributed by atoms with Crippen LogP contribution in [0.25, 0.3) is 0 Å². The van der Waals surface area contributed by atoms with E-state index < -0.39 is 0 Å². The number of esters is 1. The van der Waals surface area contributed by atoms with Crippen LogP contribution in [0.4, 0.5) is 5.69 Å². The van der Waals surface area contributed by atoms with E-state index >= 15 is 0 Å². The molecule has 0 heterocycles. The van der Waals surface area contributed by atoms with Crippen LogP contribution in [0.2, 0.25) is 0 Å². The van der Waals surface area contributed by atoms with E-state index in [1.807, 2.05) is 13.0 Å². The Morgan fingerprint density at radius 3 is 2.82 bits per heavy atom. The molecule has 0 saturated carbocycles. The third-order valence-electron chi connectivity index (χ3n) is 2.25. The second kappa shape index (κ2) is 6.55. The van der Waals surface area contributed by atoms with Gasteiger partial charge in [-0.15, -0.1) is 0 Å². The summed E-state index contributed by atoms with van der Waals surface area (Å²) in [5.74, 6) is 0.532. The van der Waals surface area contributed by atoms with Gasteiger partial charge in [-0.05, 0) is 29.9 Å². The predicted octanol–water partition coefficient (Wildman–Crippen LogP) is 2.88. The predicted molar refractivity (Wildman–Crippen MR) is 73.5 cm³/mol. The fourth-order valence-corrected chi connectivity index (χ4v) is 2.01. The molecule has 3 nitrogen and oxygen atoms in total. The molecule has 0 fully saturated rings. The lowest BCUT2D eigenvalue weighted by molar-refractivity contribution is 0.0529. The fourth-order valence-electron chi connectivity index (χ4n) is 1.36. The highest BCUT2D eigenvalue weighted by molar-refractivity contribution is 7.99. The molecule has 2 N–H and O–H groups in total. The van der Waals surface area contributed by atoms with E-state index in [9.17, 15) is 4.79 Å². The zero-order valence-corrected chi connectivity index (χ0v) is 11.3. The Hall–Kier alpha value is -1.16. The number of anilines is 1. The van der Waals surface area contributed by atoms with E-state index in [0.29, 0.717) is 23.1 Å². The minimum Gasteiger partial charge on any atom is -0.461 e. The molecular weight excluding hydrogens is 234 g/mol. The minimum absolute atomic E-state index is 0.292. The molecule has 94 valence electrons. The van der Waals surface area contributed by atoms with Crippen LogP contribution >= 0.6 is 11.8 Å². The number of carbonyl (C=O) groups excluding carboxylic acids is 1. The van der Waals surface area contributed by atoms with Gasteiger partial charge in [0.15, 0.2) is 0 Å². The molecule has 1 aromatic carbocycles. The summed E-state index contributed by atoms with van der Waals surface area (Å²) in [6.45, 7) is 6.55. The second-order valence-corrected chi connectivity index (χ2v) is 5.81. The van der Waals surface area contributed by atoms with Gasteiger partial charge in [0.05, 0.1) is 5.56 Å². The first-order chi connectivity index (χ1) is 8.00. The van der Waals surface area contributed by atoms with E-state index in [-0.39, 0.29) is 5.97 Å². The van der Waals surface area contributed by atoms with Crippen molar-refractivity contribution in [3.8, 4) is 0 Å². The number of hydrogen-bond acceptors (Lipinski definition) is 4. The lowest BCUT2D eigenvalue weighted by Gasteiger charge is -2.08. The van der Waals surface area contributed by atoms with Gasteiger partial charge in [-0.1, -0.05) is 19.9 Å². The molecule has 17 heavy (non-hydrogen) atoms. The van der Waals surface area contributed by atoms with Gasteiger partial charge in [0.1, 0.15) is 6.61 Å². The molecule has 1 aromatic rings. The third-order valence-corrected chi connectivity index (χ3v) is 3.32. The first-order valence-electron chi connectivity index (χ1n) is 5.65. The molecular formula is C13H19NO2S. The zero-order valence-electron chi connectivity index (χ0n) is 10.5. The van der Waals surface area contributed by atoms with Crippen molar-refractivity contribution in [3.63, 3.8) is 0 Å². The lowest BCUT2D eigenvalue weighted by atomic mass is 10.1. The average Bonchev–Trinajstić information content (AvgIpc) is 2.27. The average molecular weight is 253 g/mol. The first kappa shape index (κ1) is 13.9. The topological polar surface area (TPSA) is 52.3 Å². The van der Waals surface area contributed by atoms with E-state index in [2.05, 4.69) is 13.8 Å². The Morgan fingerprint density at radius 1 is 1.47 bits per heavy atom. The van der Waals surface area contributed by atoms with Gasteiger partial charge in [-0.25, -0.2) is 4.79 Å². The normalized spacial score (nSPS) is 10.6. The number of nitrogens with two attached hydrogens (primary N) is 1. The van der Waals surface area contributed by atoms with Crippen molar-refractivity contribution in [2.45, 2.75) is 26.0 Å². The maximum atomic E-state index is 11.8. The molecule has 0 bridgehead atoms. The molecule has 0 aliphatic rings. The van der Waals surface area contributed by atoms with Crippen molar-refractivity contribution < 1.29 is 9.53 Å². The second-order valence-electron chi connectivity index (χ2n) is 4.13. The maximum Gasteiger partial charge on any atom is 0.338 e. The first-order valence-corrected chi connectivity index (χ1v) is 6.70. The van der Waals surface area contributed by atoms with E-state index in [4.69, 9.17) is 10.5 Å². The van der Waals surface area contributed by atoms with Gasteiger partial charge < -0.3 is 10.5 Å². The van der Waals surface area contributed by atoms with Gasteiger partial charge >= 0.3 is 5.97 Å². The summed E-state index contributed by atoms with van der Waals surface area (Å²) in [6.07, 6.45) is 0. The van der Waals surface area contributed by atoms with Crippen LogP contribution in [0.15, 0.2) is 18.2 Å². The molecule has 1 rings (SSSR count). The van der Waals surface area contributed by atoms with E-state index in [0.717, 1.165) is 11.3 Å². The van der Waals surface area contributed by atoms with E-state index in [1.165, 1.54) is 0 Å². The van der Waals surface area contributed by atoms with Crippen LogP contribution < -0.4 is 5.73 Å². The number of thioether (sulfide) groups is 1. The largest absolute Gasteiger partial charge is 0.461 e. The standard InChI is InChI=1S/C13H19NO2S/c1-9(2)17-7-6-16-13(15)12-8-11(14)5-4-10(12)3/h4-5,8-9H,6-7,14H2,1-3H3. The van der Waals surface area contributed by atoms with Crippen molar-refractivity contribution in [2.24, 2.45) is 0 Å². The zero-order chi connectivity index (χ0) is 12.8. The van der Waals surface area contributed by atoms with Crippen LogP contribution in [0.1, 0.15) is 29.8 Å². The summed E-state index contributed by atoms with van der Waals surface area (Å²) in [5.41, 5.74) is 7.68.